The fourth-order valence-electron chi connectivity index (χ4n) is 3.85. The molecule has 7 nitrogen and oxygen atoms in total. The highest BCUT2D eigenvalue weighted by Crippen LogP contribution is 2.26. The number of carbonyl (C=O) groups is 3. The molecule has 0 saturated carbocycles. The largest absolute Gasteiger partial charge is 0.497 e. The van der Waals surface area contributed by atoms with Crippen LogP contribution in [0.5, 0.6) is 5.75 Å². The highest BCUT2D eigenvalue weighted by atomic mass is 32.2. The molecule has 0 heterocycles. The molecular formula is C33H31N3O4S. The minimum Gasteiger partial charge on any atom is -0.497 e. The predicted octanol–water partition coefficient (Wildman–Crippen LogP) is 6.53. The first-order valence-electron chi connectivity index (χ1n) is 13.0. The first-order chi connectivity index (χ1) is 19.8. The third-order valence-electron chi connectivity index (χ3n) is 6.04. The van der Waals surface area contributed by atoms with Crippen molar-refractivity contribution < 1.29 is 19.1 Å². The van der Waals surface area contributed by atoms with E-state index in [1.54, 1.807) is 73.8 Å². The summed E-state index contributed by atoms with van der Waals surface area (Å²) in [5, 5.41) is 8.19. The van der Waals surface area contributed by atoms with Crippen molar-refractivity contribution in [2.75, 3.05) is 17.7 Å². The van der Waals surface area contributed by atoms with Gasteiger partial charge in [0, 0.05) is 21.8 Å². The SMILES string of the molecule is COc1ccc(/C=C(\NC(=O)c2ccccc2)C(=O)Nc2ccc(SC(C)C(=O)Nc3cccc(C)c3)cc2)cc1. The Bertz CT molecular complexity index is 1540. The van der Waals surface area contributed by atoms with E-state index in [9.17, 15) is 14.4 Å². The van der Waals surface area contributed by atoms with E-state index in [1.807, 2.05) is 56.3 Å². The van der Waals surface area contributed by atoms with E-state index in [1.165, 1.54) is 11.8 Å². The zero-order valence-corrected chi connectivity index (χ0v) is 23.8. The number of amides is 3. The van der Waals surface area contributed by atoms with Crippen LogP contribution in [0.2, 0.25) is 0 Å². The van der Waals surface area contributed by atoms with Crippen LogP contribution < -0.4 is 20.7 Å². The van der Waals surface area contributed by atoms with Gasteiger partial charge in [-0.3, -0.25) is 14.4 Å². The van der Waals surface area contributed by atoms with E-state index >= 15 is 0 Å². The number of hydrogen-bond acceptors (Lipinski definition) is 5. The quantitative estimate of drug-likeness (QED) is 0.150. The summed E-state index contributed by atoms with van der Waals surface area (Å²) >= 11 is 1.42. The Morgan fingerprint density at radius 1 is 0.805 bits per heavy atom. The van der Waals surface area contributed by atoms with Crippen molar-refractivity contribution in [3.63, 3.8) is 0 Å². The Labute approximate surface area is 244 Å². The number of benzene rings is 4. The zero-order valence-electron chi connectivity index (χ0n) is 23.0. The van der Waals surface area contributed by atoms with Gasteiger partial charge in [-0.05, 0) is 91.7 Å². The monoisotopic (exact) mass is 565 g/mol. The molecule has 0 spiro atoms. The van der Waals surface area contributed by atoms with Gasteiger partial charge < -0.3 is 20.7 Å². The zero-order chi connectivity index (χ0) is 29.2. The van der Waals surface area contributed by atoms with Gasteiger partial charge in [0.1, 0.15) is 11.4 Å². The minimum atomic E-state index is -0.476. The summed E-state index contributed by atoms with van der Waals surface area (Å²) in [6.07, 6.45) is 1.61. The lowest BCUT2D eigenvalue weighted by Crippen LogP contribution is -2.30. The molecule has 4 aromatic rings. The fraction of sp³-hybridized carbons (Fsp3) is 0.121. The fourth-order valence-corrected chi connectivity index (χ4v) is 4.72. The van der Waals surface area contributed by atoms with Crippen LogP contribution in [0.25, 0.3) is 6.08 Å². The van der Waals surface area contributed by atoms with Crippen LogP contribution in [0.3, 0.4) is 0 Å². The summed E-state index contributed by atoms with van der Waals surface area (Å²) in [6.45, 7) is 3.82. The number of carbonyl (C=O) groups excluding carboxylic acids is 3. The van der Waals surface area contributed by atoms with Crippen molar-refractivity contribution in [3.05, 3.63) is 126 Å². The maximum Gasteiger partial charge on any atom is 0.272 e. The highest BCUT2D eigenvalue weighted by Gasteiger charge is 2.17. The number of anilines is 2. The molecule has 0 fully saturated rings. The number of rotatable bonds is 10. The van der Waals surface area contributed by atoms with Gasteiger partial charge in [0.25, 0.3) is 11.8 Å². The van der Waals surface area contributed by atoms with Crippen LogP contribution in [0.15, 0.2) is 114 Å². The van der Waals surface area contributed by atoms with Crippen LogP contribution in [0, 0.1) is 6.92 Å². The van der Waals surface area contributed by atoms with Crippen LogP contribution in [0.4, 0.5) is 11.4 Å². The lowest BCUT2D eigenvalue weighted by atomic mass is 10.1. The van der Waals surface area contributed by atoms with Crippen molar-refractivity contribution in [2.24, 2.45) is 0 Å². The van der Waals surface area contributed by atoms with Gasteiger partial charge in [0.05, 0.1) is 12.4 Å². The van der Waals surface area contributed by atoms with Crippen LogP contribution in [0.1, 0.15) is 28.4 Å². The first-order valence-corrected chi connectivity index (χ1v) is 13.9. The molecule has 0 aliphatic carbocycles. The molecule has 1 unspecified atom stereocenters. The van der Waals surface area contributed by atoms with E-state index in [0.29, 0.717) is 22.6 Å². The van der Waals surface area contributed by atoms with Crippen molar-refractivity contribution >= 4 is 46.9 Å². The normalized spacial score (nSPS) is 11.7. The third-order valence-corrected chi connectivity index (χ3v) is 7.15. The van der Waals surface area contributed by atoms with Gasteiger partial charge in [-0.2, -0.15) is 0 Å². The maximum atomic E-state index is 13.3. The molecule has 4 aromatic carbocycles. The maximum absolute atomic E-state index is 13.3. The molecule has 41 heavy (non-hydrogen) atoms. The number of ether oxygens (including phenoxy) is 1. The lowest BCUT2D eigenvalue weighted by Gasteiger charge is -2.14. The second-order valence-corrected chi connectivity index (χ2v) is 10.7. The summed E-state index contributed by atoms with van der Waals surface area (Å²) in [6, 6.07) is 30.7. The van der Waals surface area contributed by atoms with Gasteiger partial charge in [0.15, 0.2) is 0 Å². The molecular weight excluding hydrogens is 534 g/mol. The number of thioether (sulfide) groups is 1. The van der Waals surface area contributed by atoms with Crippen molar-refractivity contribution in [2.45, 2.75) is 24.0 Å². The summed E-state index contributed by atoms with van der Waals surface area (Å²) < 4.78 is 5.21. The predicted molar refractivity (Wildman–Crippen MR) is 165 cm³/mol. The van der Waals surface area contributed by atoms with Gasteiger partial charge in [0.2, 0.25) is 5.91 Å². The Balaban J connectivity index is 1.43. The highest BCUT2D eigenvalue weighted by molar-refractivity contribution is 8.00. The molecule has 8 heteroatoms. The smallest absolute Gasteiger partial charge is 0.272 e. The molecule has 0 radical (unpaired) electrons. The molecule has 3 amide bonds. The van der Waals surface area contributed by atoms with E-state index in [0.717, 1.165) is 16.1 Å². The number of nitrogens with one attached hydrogen (secondary N) is 3. The molecule has 3 N–H and O–H groups in total. The third kappa shape index (κ3) is 8.58. The minimum absolute atomic E-state index is 0.0870. The molecule has 0 aromatic heterocycles. The first kappa shape index (κ1) is 29.2. The molecule has 4 rings (SSSR count). The summed E-state index contributed by atoms with van der Waals surface area (Å²) in [5.41, 5.74) is 3.62. The second-order valence-electron chi connectivity index (χ2n) is 9.25. The van der Waals surface area contributed by atoms with E-state index in [4.69, 9.17) is 4.74 Å². The lowest BCUT2D eigenvalue weighted by molar-refractivity contribution is -0.115. The van der Waals surface area contributed by atoms with E-state index in [-0.39, 0.29) is 16.9 Å². The average molecular weight is 566 g/mol. The van der Waals surface area contributed by atoms with Crippen LogP contribution in [-0.4, -0.2) is 30.1 Å². The summed E-state index contributed by atoms with van der Waals surface area (Å²) in [4.78, 5) is 39.7. The van der Waals surface area contributed by atoms with Crippen molar-refractivity contribution in [3.8, 4) is 5.75 Å². The molecule has 0 aliphatic rings. The molecule has 0 aliphatic heterocycles. The Morgan fingerprint density at radius 2 is 1.51 bits per heavy atom. The average Bonchev–Trinajstić information content (AvgIpc) is 2.98. The Morgan fingerprint density at radius 3 is 2.17 bits per heavy atom. The summed E-state index contributed by atoms with van der Waals surface area (Å²) in [5.74, 6) is -0.288. The Hall–Kier alpha value is -4.82. The van der Waals surface area contributed by atoms with Gasteiger partial charge in [-0.25, -0.2) is 0 Å². The van der Waals surface area contributed by atoms with Crippen molar-refractivity contribution in [1.29, 1.82) is 0 Å². The Kier molecular flexibility index (Phi) is 9.96. The molecule has 0 bridgehead atoms. The summed E-state index contributed by atoms with van der Waals surface area (Å²) in [7, 11) is 1.58. The standard InChI is InChI=1S/C33H31N3O4S/c1-22-8-7-11-27(20-22)35-31(37)23(2)41-29-18-14-26(15-19-29)34-33(39)30(21-24-12-16-28(40-3)17-13-24)36-32(38)25-9-5-4-6-10-25/h4-21,23H,1-3H3,(H,34,39)(H,35,37)(H,36,38)/b30-21-. The van der Waals surface area contributed by atoms with E-state index < -0.39 is 11.8 Å². The molecule has 0 saturated heterocycles. The van der Waals surface area contributed by atoms with E-state index in [2.05, 4.69) is 16.0 Å². The van der Waals surface area contributed by atoms with Crippen LogP contribution in [-0.2, 0) is 9.59 Å². The van der Waals surface area contributed by atoms with Crippen molar-refractivity contribution in [1.82, 2.24) is 5.32 Å². The number of hydrogen-bond donors (Lipinski definition) is 3. The number of methoxy groups -OCH3 is 1. The second kappa shape index (κ2) is 14.0. The molecule has 1 atom stereocenters. The van der Waals surface area contributed by atoms with Gasteiger partial charge in [-0.15, -0.1) is 11.8 Å². The number of aryl methyl sites for hydroxylation is 1. The van der Waals surface area contributed by atoms with Gasteiger partial charge in [-0.1, -0.05) is 42.5 Å². The topological polar surface area (TPSA) is 96.5 Å². The van der Waals surface area contributed by atoms with Gasteiger partial charge >= 0.3 is 0 Å². The van der Waals surface area contributed by atoms with Crippen LogP contribution >= 0.6 is 11.8 Å². The molecule has 208 valence electrons.